The van der Waals surface area contributed by atoms with Crippen LogP contribution in [0.4, 0.5) is 0 Å². The van der Waals surface area contributed by atoms with E-state index in [0.29, 0.717) is 13.2 Å². The molecule has 0 aliphatic rings. The van der Waals surface area contributed by atoms with Crippen molar-refractivity contribution in [2.45, 2.75) is 17.9 Å². The van der Waals surface area contributed by atoms with Crippen molar-refractivity contribution < 1.29 is 17.9 Å². The van der Waals surface area contributed by atoms with Gasteiger partial charge in [0.2, 0.25) is 15.9 Å². The first-order chi connectivity index (χ1) is 8.97. The van der Waals surface area contributed by atoms with Crippen molar-refractivity contribution in [3.05, 3.63) is 30.3 Å². The average molecular weight is 286 g/mol. The summed E-state index contributed by atoms with van der Waals surface area (Å²) in [6, 6.07) is 7.06. The molecule has 1 amide bonds. The van der Waals surface area contributed by atoms with E-state index in [1.54, 1.807) is 18.2 Å². The monoisotopic (exact) mass is 286 g/mol. The fourth-order valence-corrected chi connectivity index (χ4v) is 2.61. The van der Waals surface area contributed by atoms with Gasteiger partial charge in [-0.15, -0.1) is 0 Å². The molecule has 0 radical (unpaired) electrons. The molecular formula is C12H18N2O4S. The molecule has 1 aromatic rings. The van der Waals surface area contributed by atoms with Crippen molar-refractivity contribution in [1.82, 2.24) is 10.0 Å². The molecule has 1 atom stereocenters. The van der Waals surface area contributed by atoms with E-state index in [9.17, 15) is 13.2 Å². The Hall–Kier alpha value is -1.44. The number of amides is 1. The maximum absolute atomic E-state index is 12.0. The van der Waals surface area contributed by atoms with E-state index in [1.807, 2.05) is 0 Å². The van der Waals surface area contributed by atoms with Crippen molar-refractivity contribution in [1.29, 1.82) is 0 Å². The van der Waals surface area contributed by atoms with Crippen LogP contribution in [-0.2, 0) is 19.6 Å². The summed E-state index contributed by atoms with van der Waals surface area (Å²) in [6.45, 7) is 2.21. The molecule has 1 rings (SSSR count). The summed E-state index contributed by atoms with van der Waals surface area (Å²) in [6.07, 6.45) is 0. The molecule has 7 heteroatoms. The van der Waals surface area contributed by atoms with Crippen molar-refractivity contribution in [2.75, 3.05) is 20.3 Å². The number of methoxy groups -OCH3 is 1. The lowest BCUT2D eigenvalue weighted by molar-refractivity contribution is -0.122. The molecule has 0 saturated carbocycles. The predicted octanol–water partition coefficient (Wildman–Crippen LogP) is 0.116. The third kappa shape index (κ3) is 4.98. The summed E-state index contributed by atoms with van der Waals surface area (Å²) in [5, 5.41) is 2.57. The fourth-order valence-electron chi connectivity index (χ4n) is 1.38. The van der Waals surface area contributed by atoms with E-state index >= 15 is 0 Å². The van der Waals surface area contributed by atoms with Gasteiger partial charge in [-0.3, -0.25) is 4.79 Å². The molecule has 0 bridgehead atoms. The summed E-state index contributed by atoms with van der Waals surface area (Å²) >= 11 is 0. The number of carbonyl (C=O) groups excluding carboxylic acids is 1. The van der Waals surface area contributed by atoms with Crippen LogP contribution in [0.25, 0.3) is 0 Å². The fraction of sp³-hybridized carbons (Fsp3) is 0.417. The lowest BCUT2D eigenvalue weighted by Crippen LogP contribution is -2.45. The zero-order valence-corrected chi connectivity index (χ0v) is 11.7. The number of nitrogens with one attached hydrogen (secondary N) is 2. The first-order valence-corrected chi connectivity index (χ1v) is 7.29. The maximum Gasteiger partial charge on any atom is 0.241 e. The zero-order chi connectivity index (χ0) is 14.3. The molecule has 0 fully saturated rings. The van der Waals surface area contributed by atoms with Gasteiger partial charge >= 0.3 is 0 Å². The molecule has 0 aromatic heterocycles. The number of hydrogen-bond donors (Lipinski definition) is 2. The molecule has 0 unspecified atom stereocenters. The number of sulfonamides is 1. The molecule has 0 aliphatic carbocycles. The number of hydrogen-bond acceptors (Lipinski definition) is 4. The largest absolute Gasteiger partial charge is 0.383 e. The van der Waals surface area contributed by atoms with Gasteiger partial charge in [-0.2, -0.15) is 4.72 Å². The molecule has 0 aliphatic heterocycles. The Kier molecular flexibility index (Phi) is 5.94. The van der Waals surface area contributed by atoms with Gasteiger partial charge in [0, 0.05) is 13.7 Å². The number of benzene rings is 1. The van der Waals surface area contributed by atoms with Crippen molar-refractivity contribution >= 4 is 15.9 Å². The Morgan fingerprint density at radius 2 is 1.95 bits per heavy atom. The zero-order valence-electron chi connectivity index (χ0n) is 10.9. The van der Waals surface area contributed by atoms with Crippen LogP contribution in [0.1, 0.15) is 6.92 Å². The first kappa shape index (κ1) is 15.6. The van der Waals surface area contributed by atoms with Crippen LogP contribution in [0.3, 0.4) is 0 Å². The third-order valence-electron chi connectivity index (χ3n) is 2.38. The minimum atomic E-state index is -3.68. The Morgan fingerprint density at radius 3 is 2.53 bits per heavy atom. The molecule has 0 spiro atoms. The van der Waals surface area contributed by atoms with E-state index in [0.717, 1.165) is 0 Å². The van der Waals surface area contributed by atoms with Crippen LogP contribution in [-0.4, -0.2) is 40.6 Å². The lowest BCUT2D eigenvalue weighted by atomic mass is 10.3. The highest BCUT2D eigenvalue weighted by molar-refractivity contribution is 7.89. The molecule has 106 valence electrons. The third-order valence-corrected chi connectivity index (χ3v) is 3.94. The van der Waals surface area contributed by atoms with Crippen LogP contribution < -0.4 is 10.0 Å². The number of carbonyl (C=O) groups is 1. The smallest absolute Gasteiger partial charge is 0.241 e. The highest BCUT2D eigenvalue weighted by Crippen LogP contribution is 2.07. The second-order valence-corrected chi connectivity index (χ2v) is 5.65. The molecule has 0 saturated heterocycles. The Balaban J connectivity index is 2.61. The number of ether oxygens (including phenoxy) is 1. The van der Waals surface area contributed by atoms with Gasteiger partial charge in [0.1, 0.15) is 0 Å². The second kappa shape index (κ2) is 7.22. The van der Waals surface area contributed by atoms with Crippen molar-refractivity contribution in [3.63, 3.8) is 0 Å². The molecule has 19 heavy (non-hydrogen) atoms. The highest BCUT2D eigenvalue weighted by Gasteiger charge is 2.21. The first-order valence-electron chi connectivity index (χ1n) is 5.81. The van der Waals surface area contributed by atoms with Gasteiger partial charge in [-0.05, 0) is 19.1 Å². The molecule has 0 heterocycles. The summed E-state index contributed by atoms with van der Waals surface area (Å²) in [4.78, 5) is 11.8. The van der Waals surface area contributed by atoms with Gasteiger partial charge in [-0.1, -0.05) is 18.2 Å². The Morgan fingerprint density at radius 1 is 1.32 bits per heavy atom. The summed E-state index contributed by atoms with van der Waals surface area (Å²) < 4.78 is 31.0. The van der Waals surface area contributed by atoms with Gasteiger partial charge in [0.25, 0.3) is 0 Å². The Labute approximate surface area is 113 Å². The van der Waals surface area contributed by atoms with E-state index in [4.69, 9.17) is 4.74 Å². The topological polar surface area (TPSA) is 84.5 Å². The van der Waals surface area contributed by atoms with Gasteiger partial charge in [0.05, 0.1) is 17.5 Å². The Bertz CT molecular complexity index is 502. The van der Waals surface area contributed by atoms with Gasteiger partial charge in [0.15, 0.2) is 0 Å². The maximum atomic E-state index is 12.0. The summed E-state index contributed by atoms with van der Waals surface area (Å²) in [7, 11) is -2.16. The van der Waals surface area contributed by atoms with Crippen LogP contribution >= 0.6 is 0 Å². The second-order valence-electron chi connectivity index (χ2n) is 3.94. The summed E-state index contributed by atoms with van der Waals surface area (Å²) in [5.41, 5.74) is 0. The van der Waals surface area contributed by atoms with E-state index < -0.39 is 22.0 Å². The standard InChI is InChI=1S/C12H18N2O4S/c1-10(12(15)13-8-9-18-2)14-19(16,17)11-6-4-3-5-7-11/h3-7,10,14H,8-9H2,1-2H3,(H,13,15)/t10-/m1/s1. The predicted molar refractivity (Wildman–Crippen MR) is 71.1 cm³/mol. The minimum Gasteiger partial charge on any atom is -0.383 e. The lowest BCUT2D eigenvalue weighted by Gasteiger charge is -2.14. The van der Waals surface area contributed by atoms with Gasteiger partial charge < -0.3 is 10.1 Å². The van der Waals surface area contributed by atoms with Crippen LogP contribution in [0.2, 0.25) is 0 Å². The number of rotatable bonds is 7. The highest BCUT2D eigenvalue weighted by atomic mass is 32.2. The van der Waals surface area contributed by atoms with E-state index in [1.165, 1.54) is 26.2 Å². The normalized spacial score (nSPS) is 12.9. The van der Waals surface area contributed by atoms with Crippen molar-refractivity contribution in [3.8, 4) is 0 Å². The van der Waals surface area contributed by atoms with Crippen LogP contribution in [0.5, 0.6) is 0 Å². The SMILES string of the molecule is COCCNC(=O)[C@@H](C)NS(=O)(=O)c1ccccc1. The summed E-state index contributed by atoms with van der Waals surface area (Å²) in [5.74, 6) is -0.392. The van der Waals surface area contributed by atoms with Crippen LogP contribution in [0, 0.1) is 0 Å². The molecule has 2 N–H and O–H groups in total. The quantitative estimate of drug-likeness (QED) is 0.697. The minimum absolute atomic E-state index is 0.131. The molecule has 6 nitrogen and oxygen atoms in total. The van der Waals surface area contributed by atoms with Gasteiger partial charge in [-0.25, -0.2) is 8.42 Å². The molecule has 1 aromatic carbocycles. The average Bonchev–Trinajstić information content (AvgIpc) is 2.39. The van der Waals surface area contributed by atoms with Crippen LogP contribution in [0.15, 0.2) is 35.2 Å². The van der Waals surface area contributed by atoms with E-state index in [-0.39, 0.29) is 4.90 Å². The molecular weight excluding hydrogens is 268 g/mol. The van der Waals surface area contributed by atoms with E-state index in [2.05, 4.69) is 10.0 Å². The van der Waals surface area contributed by atoms with Crippen molar-refractivity contribution in [2.24, 2.45) is 0 Å².